The monoisotopic (exact) mass is 287 g/mol. The fraction of sp³-hybridized carbons (Fsp3) is 0.143. The molecule has 0 saturated carbocycles. The van der Waals surface area contributed by atoms with Crippen molar-refractivity contribution in [3.63, 3.8) is 0 Å². The van der Waals surface area contributed by atoms with Crippen molar-refractivity contribution in [1.82, 2.24) is 5.43 Å². The molecule has 0 spiro atoms. The second-order valence-electron chi connectivity index (χ2n) is 4.35. The molecule has 21 heavy (non-hydrogen) atoms. The van der Waals surface area contributed by atoms with Crippen LogP contribution in [-0.4, -0.2) is 16.5 Å². The summed E-state index contributed by atoms with van der Waals surface area (Å²) in [4.78, 5) is 21.9. The van der Waals surface area contributed by atoms with Crippen LogP contribution in [0.4, 0.5) is 5.69 Å². The van der Waals surface area contributed by atoms with Crippen LogP contribution in [0.15, 0.2) is 45.9 Å². The predicted molar refractivity (Wildman–Crippen MR) is 76.2 cm³/mol. The van der Waals surface area contributed by atoms with E-state index in [-0.39, 0.29) is 11.3 Å². The Morgan fingerprint density at radius 1 is 1.24 bits per heavy atom. The average Bonchev–Trinajstić information content (AvgIpc) is 2.91. The molecule has 2 aromatic rings. The zero-order chi connectivity index (χ0) is 15.4. The number of benzene rings is 1. The fourth-order valence-electron chi connectivity index (χ4n) is 1.62. The van der Waals surface area contributed by atoms with Gasteiger partial charge in [0.1, 0.15) is 17.2 Å². The Hall–Kier alpha value is -2.96. The number of hydrazone groups is 1. The van der Waals surface area contributed by atoms with Crippen LogP contribution in [0.25, 0.3) is 0 Å². The molecule has 2 rings (SSSR count). The largest absolute Gasteiger partial charge is 0.460 e. The molecule has 0 fully saturated rings. The molecule has 1 heterocycles. The standard InChI is InChI=1S/C14H13N3O4/c1-9-3-8-13(21-9)10(2)15-16-14(18)11-4-6-12(7-5-11)17(19)20/h3-8H,1-2H3,(H,16,18)/b15-10-. The number of nitro benzene ring substituents is 1. The zero-order valence-corrected chi connectivity index (χ0v) is 11.5. The van der Waals surface area contributed by atoms with E-state index >= 15 is 0 Å². The van der Waals surface area contributed by atoms with E-state index in [0.29, 0.717) is 11.5 Å². The van der Waals surface area contributed by atoms with E-state index in [2.05, 4.69) is 10.5 Å². The molecule has 0 unspecified atom stereocenters. The van der Waals surface area contributed by atoms with Gasteiger partial charge in [-0.25, -0.2) is 5.43 Å². The quantitative estimate of drug-likeness (QED) is 0.531. The minimum atomic E-state index is -0.525. The van der Waals surface area contributed by atoms with E-state index in [1.54, 1.807) is 19.1 Å². The first-order chi connectivity index (χ1) is 9.97. The molecule has 7 heteroatoms. The van der Waals surface area contributed by atoms with Gasteiger partial charge in [-0.15, -0.1) is 0 Å². The molecule has 1 N–H and O–H groups in total. The second kappa shape index (κ2) is 6.00. The number of hydrogen-bond acceptors (Lipinski definition) is 5. The van der Waals surface area contributed by atoms with Gasteiger partial charge in [0.2, 0.25) is 0 Å². The summed E-state index contributed by atoms with van der Waals surface area (Å²) in [5.41, 5.74) is 3.11. The highest BCUT2D eigenvalue weighted by Gasteiger charge is 2.09. The van der Waals surface area contributed by atoms with E-state index in [0.717, 1.165) is 5.76 Å². The van der Waals surface area contributed by atoms with Crippen molar-refractivity contribution in [2.24, 2.45) is 5.10 Å². The van der Waals surface area contributed by atoms with Crippen LogP contribution in [0.3, 0.4) is 0 Å². The Morgan fingerprint density at radius 3 is 2.43 bits per heavy atom. The van der Waals surface area contributed by atoms with E-state index in [9.17, 15) is 14.9 Å². The van der Waals surface area contributed by atoms with Gasteiger partial charge in [0, 0.05) is 17.7 Å². The number of non-ortho nitro benzene ring substituents is 1. The van der Waals surface area contributed by atoms with Crippen LogP contribution in [0.2, 0.25) is 0 Å². The van der Waals surface area contributed by atoms with Crippen molar-refractivity contribution in [2.75, 3.05) is 0 Å². The maximum Gasteiger partial charge on any atom is 0.271 e. The number of nitro groups is 1. The van der Waals surface area contributed by atoms with Crippen LogP contribution in [0.1, 0.15) is 28.8 Å². The van der Waals surface area contributed by atoms with Crippen molar-refractivity contribution in [1.29, 1.82) is 0 Å². The maximum atomic E-state index is 11.8. The van der Waals surface area contributed by atoms with Crippen molar-refractivity contribution in [3.8, 4) is 0 Å². The maximum absolute atomic E-state index is 11.8. The SMILES string of the molecule is C/C(=N/NC(=O)c1ccc([N+](=O)[O-])cc1)c1ccc(C)o1. The molecule has 1 aromatic heterocycles. The summed E-state index contributed by atoms with van der Waals surface area (Å²) in [6.45, 7) is 3.51. The minimum Gasteiger partial charge on any atom is -0.460 e. The zero-order valence-electron chi connectivity index (χ0n) is 11.5. The van der Waals surface area contributed by atoms with Gasteiger partial charge in [0.05, 0.1) is 4.92 Å². The molecule has 0 atom stereocenters. The summed E-state index contributed by atoms with van der Waals surface area (Å²) < 4.78 is 5.37. The lowest BCUT2D eigenvalue weighted by molar-refractivity contribution is -0.384. The van der Waals surface area contributed by atoms with Gasteiger partial charge < -0.3 is 4.42 Å². The second-order valence-corrected chi connectivity index (χ2v) is 4.35. The number of hydrogen-bond donors (Lipinski definition) is 1. The smallest absolute Gasteiger partial charge is 0.271 e. The predicted octanol–water partition coefficient (Wildman–Crippen LogP) is 2.65. The molecule has 0 radical (unpaired) electrons. The van der Waals surface area contributed by atoms with Gasteiger partial charge in [-0.3, -0.25) is 14.9 Å². The number of furan rings is 1. The normalized spacial score (nSPS) is 11.2. The van der Waals surface area contributed by atoms with Gasteiger partial charge >= 0.3 is 0 Å². The number of carbonyl (C=O) groups excluding carboxylic acids is 1. The number of nitrogens with zero attached hydrogens (tertiary/aromatic N) is 2. The van der Waals surface area contributed by atoms with Gasteiger partial charge in [0.25, 0.3) is 11.6 Å². The first kappa shape index (κ1) is 14.4. The highest BCUT2D eigenvalue weighted by Crippen LogP contribution is 2.12. The Bertz CT molecular complexity index is 701. The Balaban J connectivity index is 2.06. The van der Waals surface area contributed by atoms with Gasteiger partial charge in [-0.1, -0.05) is 0 Å². The fourth-order valence-corrected chi connectivity index (χ4v) is 1.62. The van der Waals surface area contributed by atoms with E-state index in [1.165, 1.54) is 24.3 Å². The summed E-state index contributed by atoms with van der Waals surface area (Å²) in [7, 11) is 0. The number of carbonyl (C=O) groups is 1. The van der Waals surface area contributed by atoms with Gasteiger partial charge in [-0.2, -0.15) is 5.10 Å². The van der Waals surface area contributed by atoms with Crippen LogP contribution < -0.4 is 5.43 Å². The van der Waals surface area contributed by atoms with Crippen LogP contribution in [-0.2, 0) is 0 Å². The third kappa shape index (κ3) is 3.53. The lowest BCUT2D eigenvalue weighted by Gasteiger charge is -2.01. The third-order valence-electron chi connectivity index (χ3n) is 2.76. The van der Waals surface area contributed by atoms with Gasteiger partial charge in [0.15, 0.2) is 0 Å². The summed E-state index contributed by atoms with van der Waals surface area (Å²) in [5, 5.41) is 14.5. The first-order valence-corrected chi connectivity index (χ1v) is 6.13. The Morgan fingerprint density at radius 2 is 1.90 bits per heavy atom. The molecule has 0 aliphatic rings. The Labute approximate surface area is 120 Å². The molecule has 1 amide bonds. The summed E-state index contributed by atoms with van der Waals surface area (Å²) in [5.74, 6) is 0.866. The van der Waals surface area contributed by atoms with E-state index < -0.39 is 10.8 Å². The van der Waals surface area contributed by atoms with Gasteiger partial charge in [-0.05, 0) is 38.1 Å². The molecular weight excluding hydrogens is 274 g/mol. The molecule has 0 bridgehead atoms. The molecule has 0 aliphatic carbocycles. The molecule has 1 aromatic carbocycles. The average molecular weight is 287 g/mol. The first-order valence-electron chi connectivity index (χ1n) is 6.13. The van der Waals surface area contributed by atoms with E-state index in [1.807, 2.05) is 6.92 Å². The minimum absolute atomic E-state index is 0.0720. The van der Waals surface area contributed by atoms with Crippen LogP contribution in [0, 0.1) is 17.0 Å². The highest BCUT2D eigenvalue weighted by molar-refractivity contribution is 5.99. The lowest BCUT2D eigenvalue weighted by atomic mass is 10.2. The Kier molecular flexibility index (Phi) is 4.13. The number of aryl methyl sites for hydroxylation is 1. The summed E-state index contributed by atoms with van der Waals surface area (Å²) in [6.07, 6.45) is 0. The molecule has 0 aliphatic heterocycles. The summed E-state index contributed by atoms with van der Waals surface area (Å²) in [6, 6.07) is 8.83. The van der Waals surface area contributed by atoms with Crippen molar-refractivity contribution < 1.29 is 14.1 Å². The number of nitrogens with one attached hydrogen (secondary N) is 1. The lowest BCUT2D eigenvalue weighted by Crippen LogP contribution is -2.19. The van der Waals surface area contributed by atoms with Crippen LogP contribution in [0.5, 0.6) is 0 Å². The topological polar surface area (TPSA) is 97.7 Å². The van der Waals surface area contributed by atoms with Crippen molar-refractivity contribution in [3.05, 3.63) is 63.6 Å². The van der Waals surface area contributed by atoms with Crippen molar-refractivity contribution >= 4 is 17.3 Å². The molecule has 0 saturated heterocycles. The molecule has 7 nitrogen and oxygen atoms in total. The van der Waals surface area contributed by atoms with E-state index in [4.69, 9.17) is 4.42 Å². The third-order valence-corrected chi connectivity index (χ3v) is 2.76. The van der Waals surface area contributed by atoms with Crippen LogP contribution >= 0.6 is 0 Å². The molecular formula is C14H13N3O4. The molecule has 108 valence electrons. The summed E-state index contributed by atoms with van der Waals surface area (Å²) >= 11 is 0. The highest BCUT2D eigenvalue weighted by atomic mass is 16.6. The van der Waals surface area contributed by atoms with Crippen molar-refractivity contribution in [2.45, 2.75) is 13.8 Å². The number of rotatable bonds is 4. The number of amides is 1.